The van der Waals surface area contributed by atoms with Crippen LogP contribution >= 0.6 is 0 Å². The van der Waals surface area contributed by atoms with E-state index in [0.717, 1.165) is 25.5 Å². The molecule has 5 heteroatoms. The maximum atomic E-state index is 13.5. The van der Waals surface area contributed by atoms with Crippen molar-refractivity contribution in [3.05, 3.63) is 35.4 Å². The quantitative estimate of drug-likeness (QED) is 0.717. The highest BCUT2D eigenvalue weighted by Crippen LogP contribution is 2.38. The molecule has 2 saturated heterocycles. The first-order chi connectivity index (χ1) is 8.61. The van der Waals surface area contributed by atoms with E-state index in [1.165, 1.54) is 12.1 Å². The first-order valence-corrected chi connectivity index (χ1v) is 5.99. The number of amides is 1. The van der Waals surface area contributed by atoms with E-state index in [-0.39, 0.29) is 11.2 Å². The molecule has 0 unspecified atom stereocenters. The molecule has 2 heterocycles. The van der Waals surface area contributed by atoms with Gasteiger partial charge in [-0.25, -0.2) is 8.78 Å². The standard InChI is InChI=1S/C13H13F2NO2/c14-10-3-1-2-9(11(10)15)12(17)16-6-4-13(5-7-16)8-18-13/h1-3H,4-8H2. The van der Waals surface area contributed by atoms with Gasteiger partial charge in [-0.05, 0) is 25.0 Å². The van der Waals surface area contributed by atoms with Crippen molar-refractivity contribution in [2.45, 2.75) is 18.4 Å². The maximum absolute atomic E-state index is 13.5. The van der Waals surface area contributed by atoms with Crippen LogP contribution < -0.4 is 0 Å². The number of epoxide rings is 1. The smallest absolute Gasteiger partial charge is 0.256 e. The molecule has 96 valence electrons. The fraction of sp³-hybridized carbons (Fsp3) is 0.462. The lowest BCUT2D eigenvalue weighted by Crippen LogP contribution is -2.41. The van der Waals surface area contributed by atoms with E-state index < -0.39 is 17.5 Å². The molecule has 0 atom stereocenters. The van der Waals surface area contributed by atoms with Gasteiger partial charge < -0.3 is 9.64 Å². The van der Waals surface area contributed by atoms with Crippen LogP contribution in [0, 0.1) is 11.6 Å². The average Bonchev–Trinajstić information content (AvgIpc) is 3.13. The first-order valence-electron chi connectivity index (χ1n) is 5.99. The Hall–Kier alpha value is -1.49. The molecular formula is C13H13F2NO2. The van der Waals surface area contributed by atoms with Gasteiger partial charge >= 0.3 is 0 Å². The molecule has 0 radical (unpaired) electrons. The Bertz CT molecular complexity index is 490. The molecule has 1 amide bonds. The molecule has 2 fully saturated rings. The summed E-state index contributed by atoms with van der Waals surface area (Å²) in [6.45, 7) is 1.83. The van der Waals surface area contributed by atoms with Crippen LogP contribution in [0.15, 0.2) is 18.2 Å². The van der Waals surface area contributed by atoms with Crippen LogP contribution in [-0.4, -0.2) is 36.1 Å². The summed E-state index contributed by atoms with van der Waals surface area (Å²) in [4.78, 5) is 13.6. The van der Waals surface area contributed by atoms with Gasteiger partial charge in [0.15, 0.2) is 11.6 Å². The zero-order valence-electron chi connectivity index (χ0n) is 9.79. The molecule has 0 saturated carbocycles. The van der Waals surface area contributed by atoms with Gasteiger partial charge in [-0.15, -0.1) is 0 Å². The Morgan fingerprint density at radius 1 is 1.28 bits per heavy atom. The van der Waals surface area contributed by atoms with Gasteiger partial charge in [0.2, 0.25) is 0 Å². The van der Waals surface area contributed by atoms with Crippen molar-refractivity contribution in [2.75, 3.05) is 19.7 Å². The Morgan fingerprint density at radius 3 is 2.56 bits per heavy atom. The van der Waals surface area contributed by atoms with Gasteiger partial charge in [-0.1, -0.05) is 6.07 Å². The normalized spacial score (nSPS) is 21.1. The number of likely N-dealkylation sites (tertiary alicyclic amines) is 1. The summed E-state index contributed by atoms with van der Waals surface area (Å²) >= 11 is 0. The molecule has 1 aromatic carbocycles. The minimum atomic E-state index is -1.06. The van der Waals surface area contributed by atoms with Gasteiger partial charge in [0.25, 0.3) is 5.91 Å². The van der Waals surface area contributed by atoms with Gasteiger partial charge in [0, 0.05) is 13.1 Å². The second-order valence-corrected chi connectivity index (χ2v) is 4.87. The molecule has 3 nitrogen and oxygen atoms in total. The molecule has 0 bridgehead atoms. The molecule has 1 spiro atoms. The average molecular weight is 253 g/mol. The summed E-state index contributed by atoms with van der Waals surface area (Å²) in [5.74, 6) is -2.49. The van der Waals surface area contributed by atoms with Gasteiger partial charge in [0.1, 0.15) is 0 Å². The largest absolute Gasteiger partial charge is 0.369 e. The van der Waals surface area contributed by atoms with Crippen molar-refractivity contribution in [1.29, 1.82) is 0 Å². The Balaban J connectivity index is 1.76. The number of halogens is 2. The number of benzene rings is 1. The van der Waals surface area contributed by atoms with E-state index >= 15 is 0 Å². The van der Waals surface area contributed by atoms with Crippen molar-refractivity contribution in [3.63, 3.8) is 0 Å². The summed E-state index contributed by atoms with van der Waals surface area (Å²) in [7, 11) is 0. The molecule has 1 aromatic rings. The number of carbonyl (C=O) groups is 1. The number of hydrogen-bond acceptors (Lipinski definition) is 2. The van der Waals surface area contributed by atoms with Crippen molar-refractivity contribution in [3.8, 4) is 0 Å². The lowest BCUT2D eigenvalue weighted by Gasteiger charge is -2.30. The number of ether oxygens (including phenoxy) is 1. The fourth-order valence-electron chi connectivity index (χ4n) is 2.35. The molecule has 0 N–H and O–H groups in total. The summed E-state index contributed by atoms with van der Waals surface area (Å²) in [6.07, 6.45) is 1.55. The highest BCUT2D eigenvalue weighted by molar-refractivity contribution is 5.94. The number of piperidine rings is 1. The van der Waals surface area contributed by atoms with Crippen LogP contribution in [0.4, 0.5) is 8.78 Å². The zero-order valence-corrected chi connectivity index (χ0v) is 9.79. The fourth-order valence-corrected chi connectivity index (χ4v) is 2.35. The summed E-state index contributed by atoms with van der Waals surface area (Å²) in [5.41, 5.74) is -0.222. The van der Waals surface area contributed by atoms with Crippen LogP contribution in [0.25, 0.3) is 0 Å². The van der Waals surface area contributed by atoms with Crippen LogP contribution in [0.1, 0.15) is 23.2 Å². The SMILES string of the molecule is O=C(c1cccc(F)c1F)N1CCC2(CC1)CO2. The Kier molecular flexibility index (Phi) is 2.59. The van der Waals surface area contributed by atoms with Crippen LogP contribution in [0.3, 0.4) is 0 Å². The predicted octanol–water partition coefficient (Wildman–Crippen LogP) is 1.97. The second-order valence-electron chi connectivity index (χ2n) is 4.87. The zero-order chi connectivity index (χ0) is 12.8. The lowest BCUT2D eigenvalue weighted by molar-refractivity contribution is 0.0657. The highest BCUT2D eigenvalue weighted by Gasteiger charge is 2.47. The highest BCUT2D eigenvalue weighted by atomic mass is 19.2. The van der Waals surface area contributed by atoms with E-state index in [2.05, 4.69) is 0 Å². The third-order valence-electron chi connectivity index (χ3n) is 3.70. The summed E-state index contributed by atoms with van der Waals surface area (Å²) in [6, 6.07) is 3.68. The van der Waals surface area contributed by atoms with Crippen molar-refractivity contribution in [1.82, 2.24) is 4.90 Å². The molecule has 18 heavy (non-hydrogen) atoms. The van der Waals surface area contributed by atoms with E-state index in [4.69, 9.17) is 4.74 Å². The van der Waals surface area contributed by atoms with Gasteiger partial charge in [-0.2, -0.15) is 0 Å². The predicted molar refractivity (Wildman–Crippen MR) is 60.2 cm³/mol. The molecule has 0 aliphatic carbocycles. The Labute approximate surface area is 103 Å². The van der Waals surface area contributed by atoms with E-state index in [9.17, 15) is 13.6 Å². The van der Waals surface area contributed by atoms with Crippen molar-refractivity contribution in [2.24, 2.45) is 0 Å². The van der Waals surface area contributed by atoms with E-state index in [1.807, 2.05) is 0 Å². The van der Waals surface area contributed by atoms with Gasteiger partial charge in [-0.3, -0.25) is 4.79 Å². The summed E-state index contributed by atoms with van der Waals surface area (Å²) in [5, 5.41) is 0. The molecule has 0 aromatic heterocycles. The van der Waals surface area contributed by atoms with Crippen LogP contribution in [-0.2, 0) is 4.74 Å². The van der Waals surface area contributed by atoms with E-state index in [1.54, 1.807) is 4.90 Å². The minimum Gasteiger partial charge on any atom is -0.369 e. The minimum absolute atomic E-state index is 0.0305. The molecular weight excluding hydrogens is 240 g/mol. The summed E-state index contributed by atoms with van der Waals surface area (Å²) < 4.78 is 31.9. The number of nitrogens with zero attached hydrogens (tertiary/aromatic N) is 1. The van der Waals surface area contributed by atoms with Crippen molar-refractivity contribution < 1.29 is 18.3 Å². The molecule has 2 aliphatic rings. The monoisotopic (exact) mass is 253 g/mol. The van der Waals surface area contributed by atoms with Crippen LogP contribution in [0.5, 0.6) is 0 Å². The molecule has 2 aliphatic heterocycles. The second kappa shape index (κ2) is 4.02. The molecule has 3 rings (SSSR count). The number of rotatable bonds is 1. The third kappa shape index (κ3) is 1.88. The number of carbonyl (C=O) groups excluding carboxylic acids is 1. The van der Waals surface area contributed by atoms with Gasteiger partial charge in [0.05, 0.1) is 17.8 Å². The Morgan fingerprint density at radius 2 is 1.94 bits per heavy atom. The van der Waals surface area contributed by atoms with Crippen LogP contribution in [0.2, 0.25) is 0 Å². The number of hydrogen-bond donors (Lipinski definition) is 0. The third-order valence-corrected chi connectivity index (χ3v) is 3.70. The maximum Gasteiger partial charge on any atom is 0.256 e. The van der Waals surface area contributed by atoms with Crippen molar-refractivity contribution >= 4 is 5.91 Å². The van der Waals surface area contributed by atoms with E-state index in [0.29, 0.717) is 13.1 Å². The lowest BCUT2D eigenvalue weighted by atomic mass is 9.97. The topological polar surface area (TPSA) is 32.8 Å². The first kappa shape index (κ1) is 11.6.